The molecular formula is C21H28N4O3S. The number of fused-ring (bicyclic) bond motifs is 1. The van der Waals surface area contributed by atoms with Gasteiger partial charge in [0, 0.05) is 18.8 Å². The smallest absolute Gasteiger partial charge is 0.283 e. The van der Waals surface area contributed by atoms with Gasteiger partial charge in [-0.05, 0) is 30.9 Å². The highest BCUT2D eigenvalue weighted by atomic mass is 32.2. The van der Waals surface area contributed by atoms with Crippen molar-refractivity contribution in [1.82, 2.24) is 14.9 Å². The van der Waals surface area contributed by atoms with E-state index in [0.717, 1.165) is 31.2 Å². The van der Waals surface area contributed by atoms with E-state index in [0.29, 0.717) is 18.7 Å². The number of benzene rings is 1. The molecule has 4 rings (SSSR count). The van der Waals surface area contributed by atoms with Crippen LogP contribution < -0.4 is 9.62 Å². The summed E-state index contributed by atoms with van der Waals surface area (Å²) in [6.07, 6.45) is 11.6. The van der Waals surface area contributed by atoms with Gasteiger partial charge in [-0.15, -0.1) is 0 Å². The number of aromatic nitrogens is 2. The summed E-state index contributed by atoms with van der Waals surface area (Å²) in [6, 6.07) is 7.74. The number of sulfonamides is 1. The Labute approximate surface area is 172 Å². The molecule has 7 nitrogen and oxygen atoms in total. The van der Waals surface area contributed by atoms with Gasteiger partial charge in [0.05, 0.1) is 12.0 Å². The number of carbonyl (C=O) groups is 1. The molecule has 0 radical (unpaired) electrons. The predicted octanol–water partition coefficient (Wildman–Crippen LogP) is 2.86. The van der Waals surface area contributed by atoms with Crippen LogP contribution in [0.25, 0.3) is 0 Å². The summed E-state index contributed by atoms with van der Waals surface area (Å²) in [7, 11) is -3.73. The normalized spacial score (nSPS) is 18.1. The average Bonchev–Trinajstić information content (AvgIpc) is 3.31. The lowest BCUT2D eigenvalue weighted by molar-refractivity contribution is -0.122. The standard InChI is InChI=1S/C21H28N4O3S/c26-20(23-18-9-4-2-1-3-5-10-18)14-24-15-21(22-16-24)29(27,28)25-13-12-17-8-6-7-11-19(17)25/h6-8,11,15-16,18H,1-5,9-10,12-14H2,(H,23,26). The Balaban J connectivity index is 1.41. The molecule has 8 heteroatoms. The highest BCUT2D eigenvalue weighted by molar-refractivity contribution is 7.92. The first-order chi connectivity index (χ1) is 14.0. The van der Waals surface area contributed by atoms with Gasteiger partial charge in [0.15, 0.2) is 5.03 Å². The lowest BCUT2D eigenvalue weighted by Gasteiger charge is -2.21. The topological polar surface area (TPSA) is 84.3 Å². The van der Waals surface area contributed by atoms with Gasteiger partial charge in [-0.3, -0.25) is 9.10 Å². The molecule has 2 aromatic rings. The lowest BCUT2D eigenvalue weighted by atomic mass is 9.97. The molecule has 0 bridgehead atoms. The largest absolute Gasteiger partial charge is 0.352 e. The molecule has 1 amide bonds. The molecule has 1 N–H and O–H groups in total. The zero-order chi connectivity index (χ0) is 20.3. The second-order valence-electron chi connectivity index (χ2n) is 7.95. The Kier molecular flexibility index (Phi) is 5.89. The third kappa shape index (κ3) is 4.47. The van der Waals surface area contributed by atoms with Gasteiger partial charge in [-0.1, -0.05) is 50.3 Å². The number of amides is 1. The molecule has 1 saturated carbocycles. The lowest BCUT2D eigenvalue weighted by Crippen LogP contribution is -2.37. The summed E-state index contributed by atoms with van der Waals surface area (Å²) in [5.41, 5.74) is 1.73. The molecule has 2 heterocycles. The van der Waals surface area contributed by atoms with Crippen LogP contribution in [0.4, 0.5) is 5.69 Å². The number of carbonyl (C=O) groups excluding carboxylic acids is 1. The van der Waals surface area contributed by atoms with E-state index in [1.165, 1.54) is 36.1 Å². The number of imidazole rings is 1. The quantitative estimate of drug-likeness (QED) is 0.812. The van der Waals surface area contributed by atoms with Crippen LogP contribution in [0, 0.1) is 0 Å². The summed E-state index contributed by atoms with van der Waals surface area (Å²) < 4.78 is 29.0. The Bertz CT molecular complexity index is 962. The van der Waals surface area contributed by atoms with Crippen LogP contribution in [0.3, 0.4) is 0 Å². The van der Waals surface area contributed by atoms with Crippen molar-refractivity contribution >= 4 is 21.6 Å². The van der Waals surface area contributed by atoms with Crippen molar-refractivity contribution in [3.8, 4) is 0 Å². The molecular weight excluding hydrogens is 388 g/mol. The van der Waals surface area contributed by atoms with E-state index in [4.69, 9.17) is 0 Å². The van der Waals surface area contributed by atoms with Gasteiger partial charge < -0.3 is 9.88 Å². The maximum absolute atomic E-state index is 13.0. The molecule has 0 atom stereocenters. The van der Waals surface area contributed by atoms with Crippen molar-refractivity contribution < 1.29 is 13.2 Å². The number of hydrogen-bond donors (Lipinski definition) is 1. The van der Waals surface area contributed by atoms with Crippen molar-refractivity contribution in [1.29, 1.82) is 0 Å². The zero-order valence-electron chi connectivity index (χ0n) is 16.6. The van der Waals surface area contributed by atoms with Crippen molar-refractivity contribution in [2.45, 2.75) is 69.0 Å². The fourth-order valence-electron chi connectivity index (χ4n) is 4.27. The Morgan fingerprint density at radius 2 is 1.83 bits per heavy atom. The second kappa shape index (κ2) is 8.57. The Morgan fingerprint density at radius 1 is 1.10 bits per heavy atom. The minimum atomic E-state index is -3.73. The van der Waals surface area contributed by atoms with Gasteiger partial charge in [0.25, 0.3) is 10.0 Å². The van der Waals surface area contributed by atoms with Gasteiger partial charge in [-0.25, -0.2) is 4.98 Å². The van der Waals surface area contributed by atoms with E-state index in [2.05, 4.69) is 10.3 Å². The summed E-state index contributed by atoms with van der Waals surface area (Å²) in [5, 5.41) is 3.08. The number of para-hydroxylation sites is 1. The fourth-order valence-corrected chi connectivity index (χ4v) is 5.71. The van der Waals surface area contributed by atoms with E-state index < -0.39 is 10.0 Å². The molecule has 0 saturated heterocycles. The van der Waals surface area contributed by atoms with E-state index in [-0.39, 0.29) is 23.5 Å². The SMILES string of the molecule is O=C(Cn1cnc(S(=O)(=O)N2CCc3ccccc32)c1)NC1CCCCCCC1. The number of rotatable bonds is 5. The van der Waals surface area contributed by atoms with Crippen LogP contribution in [-0.2, 0) is 27.8 Å². The summed E-state index contributed by atoms with van der Waals surface area (Å²) in [4.78, 5) is 16.5. The summed E-state index contributed by atoms with van der Waals surface area (Å²) in [5.74, 6) is -0.0940. The summed E-state index contributed by atoms with van der Waals surface area (Å²) in [6.45, 7) is 0.492. The highest BCUT2D eigenvalue weighted by Crippen LogP contribution is 2.32. The maximum Gasteiger partial charge on any atom is 0.283 e. The number of anilines is 1. The van der Waals surface area contributed by atoms with Crippen LogP contribution >= 0.6 is 0 Å². The van der Waals surface area contributed by atoms with Crippen LogP contribution in [0.5, 0.6) is 0 Å². The molecule has 1 fully saturated rings. The van der Waals surface area contributed by atoms with Gasteiger partial charge in [0.2, 0.25) is 5.91 Å². The number of hydrogen-bond acceptors (Lipinski definition) is 4. The summed E-state index contributed by atoms with van der Waals surface area (Å²) >= 11 is 0. The monoisotopic (exact) mass is 416 g/mol. The molecule has 1 aromatic heterocycles. The second-order valence-corrected chi connectivity index (χ2v) is 9.76. The molecule has 1 aliphatic heterocycles. The number of nitrogens with zero attached hydrogens (tertiary/aromatic N) is 3. The molecule has 1 aliphatic carbocycles. The first kappa shape index (κ1) is 19.9. The van der Waals surface area contributed by atoms with E-state index in [1.807, 2.05) is 24.3 Å². The Morgan fingerprint density at radius 3 is 2.62 bits per heavy atom. The first-order valence-corrected chi connectivity index (χ1v) is 11.9. The van der Waals surface area contributed by atoms with Crippen molar-refractivity contribution in [3.05, 3.63) is 42.4 Å². The fraction of sp³-hybridized carbons (Fsp3) is 0.524. The minimum Gasteiger partial charge on any atom is -0.352 e. The molecule has 0 unspecified atom stereocenters. The maximum atomic E-state index is 13.0. The minimum absolute atomic E-state index is 0.0204. The van der Waals surface area contributed by atoms with E-state index >= 15 is 0 Å². The van der Waals surface area contributed by atoms with Gasteiger partial charge in [-0.2, -0.15) is 8.42 Å². The predicted molar refractivity (Wildman–Crippen MR) is 111 cm³/mol. The van der Waals surface area contributed by atoms with Crippen LogP contribution in [0.15, 0.2) is 41.8 Å². The average molecular weight is 417 g/mol. The molecule has 2 aliphatic rings. The zero-order valence-corrected chi connectivity index (χ0v) is 17.4. The van der Waals surface area contributed by atoms with Crippen molar-refractivity contribution in [3.63, 3.8) is 0 Å². The third-order valence-electron chi connectivity index (χ3n) is 5.80. The van der Waals surface area contributed by atoms with Crippen LogP contribution in [-0.4, -0.2) is 36.5 Å². The van der Waals surface area contributed by atoms with Gasteiger partial charge in [0.1, 0.15) is 6.54 Å². The number of nitrogens with one attached hydrogen (secondary N) is 1. The van der Waals surface area contributed by atoms with Crippen molar-refractivity contribution in [2.24, 2.45) is 0 Å². The van der Waals surface area contributed by atoms with Gasteiger partial charge >= 0.3 is 0 Å². The highest BCUT2D eigenvalue weighted by Gasteiger charge is 2.32. The molecule has 29 heavy (non-hydrogen) atoms. The van der Waals surface area contributed by atoms with Crippen molar-refractivity contribution in [2.75, 3.05) is 10.8 Å². The van der Waals surface area contributed by atoms with Crippen LogP contribution in [0.1, 0.15) is 50.5 Å². The molecule has 156 valence electrons. The third-order valence-corrected chi connectivity index (χ3v) is 7.50. The van der Waals surface area contributed by atoms with E-state index in [1.54, 1.807) is 4.57 Å². The van der Waals surface area contributed by atoms with E-state index in [9.17, 15) is 13.2 Å². The van der Waals surface area contributed by atoms with Crippen LogP contribution in [0.2, 0.25) is 0 Å². The molecule has 0 spiro atoms. The first-order valence-electron chi connectivity index (χ1n) is 10.5. The Hall–Kier alpha value is -2.35. The molecule has 1 aromatic carbocycles.